The van der Waals surface area contributed by atoms with E-state index in [1.807, 2.05) is 29.3 Å². The number of nitrogens with one attached hydrogen (secondary N) is 1. The summed E-state index contributed by atoms with van der Waals surface area (Å²) < 4.78 is 26.2. The van der Waals surface area contributed by atoms with Gasteiger partial charge in [-0.25, -0.2) is 9.37 Å². The highest BCUT2D eigenvalue weighted by Crippen LogP contribution is 2.51. The lowest BCUT2D eigenvalue weighted by molar-refractivity contribution is 0.0776. The molecule has 6 aromatic rings. The van der Waals surface area contributed by atoms with Crippen molar-refractivity contribution in [2.75, 3.05) is 24.7 Å². The van der Waals surface area contributed by atoms with E-state index in [0.717, 1.165) is 74.7 Å². The lowest BCUT2D eigenvalue weighted by atomic mass is 9.93. The van der Waals surface area contributed by atoms with Crippen LogP contribution < -0.4 is 15.8 Å². The first-order valence-corrected chi connectivity index (χ1v) is 17.3. The van der Waals surface area contributed by atoms with E-state index >= 15 is 0 Å². The maximum absolute atomic E-state index is 14.2. The Morgan fingerprint density at radius 1 is 1.08 bits per heavy atom. The molecule has 1 aliphatic carbocycles. The maximum Gasteiger partial charge on any atom is 0.313 e. The number of carbonyl (C=O) groups is 1. The number of methoxy groups -OCH3 is 1. The Balaban J connectivity index is 1.20. The van der Waals surface area contributed by atoms with E-state index in [9.17, 15) is 9.18 Å². The minimum absolute atomic E-state index is 0.0377. The van der Waals surface area contributed by atoms with Gasteiger partial charge in [-0.1, -0.05) is 29.4 Å². The van der Waals surface area contributed by atoms with Crippen LogP contribution in [0, 0.1) is 5.82 Å². The van der Waals surface area contributed by atoms with Gasteiger partial charge >= 0.3 is 6.01 Å². The van der Waals surface area contributed by atoms with Crippen LogP contribution >= 0.6 is 11.3 Å². The van der Waals surface area contributed by atoms with E-state index in [0.29, 0.717) is 30.5 Å². The molecule has 2 atom stereocenters. The number of halogens is 1. The number of pyridine rings is 2. The number of fused-ring (bicyclic) bond motifs is 5. The second-order valence-corrected chi connectivity index (χ2v) is 13.8. The second-order valence-electron chi connectivity index (χ2n) is 12.7. The Kier molecular flexibility index (Phi) is 7.08. The smallest absolute Gasteiger partial charge is 0.313 e. The lowest BCUT2D eigenvalue weighted by Crippen LogP contribution is -2.22. The normalized spacial score (nSPS) is 17.8. The van der Waals surface area contributed by atoms with E-state index in [-0.39, 0.29) is 35.7 Å². The molecular formula is C37H32FN7O3S. The van der Waals surface area contributed by atoms with E-state index in [1.165, 1.54) is 23.3 Å². The number of nitrogen functional groups attached to an aromatic ring is 1. The zero-order valence-electron chi connectivity index (χ0n) is 26.7. The number of anilines is 2. The largest absolute Gasteiger partial charge is 0.496 e. The van der Waals surface area contributed by atoms with Crippen molar-refractivity contribution in [2.24, 2.45) is 0 Å². The number of nitrogens with two attached hydrogens (primary N) is 1. The number of carbonyl (C=O) groups excluding carboxylic acids is 1. The molecule has 0 bridgehead atoms. The third kappa shape index (κ3) is 4.92. The summed E-state index contributed by atoms with van der Waals surface area (Å²) >= 11 is 1.57. The summed E-state index contributed by atoms with van der Waals surface area (Å²) in [6.07, 6.45) is 6.55. The molecule has 0 radical (unpaired) electrons. The fourth-order valence-electron chi connectivity index (χ4n) is 7.77. The predicted molar refractivity (Wildman–Crippen MR) is 185 cm³/mol. The fraction of sp³-hybridized carbons (Fsp3) is 0.270. The number of hydrogen-bond acceptors (Lipinski definition) is 10. The second kappa shape index (κ2) is 11.7. The van der Waals surface area contributed by atoms with Crippen LogP contribution in [0.5, 0.6) is 5.75 Å². The van der Waals surface area contributed by atoms with Gasteiger partial charge in [0.05, 0.1) is 46.4 Å². The van der Waals surface area contributed by atoms with Gasteiger partial charge in [0.1, 0.15) is 17.4 Å². The molecule has 10 nitrogen and oxygen atoms in total. The number of aromatic nitrogens is 4. The highest BCUT2D eigenvalue weighted by Gasteiger charge is 2.45. The van der Waals surface area contributed by atoms with Gasteiger partial charge in [-0.15, -0.1) is 16.4 Å². The first-order valence-electron chi connectivity index (χ1n) is 16.5. The minimum atomic E-state index is -0.284. The van der Waals surface area contributed by atoms with Crippen molar-refractivity contribution in [1.82, 2.24) is 25.1 Å². The van der Waals surface area contributed by atoms with Gasteiger partial charge in [-0.3, -0.25) is 9.78 Å². The Labute approximate surface area is 285 Å². The van der Waals surface area contributed by atoms with E-state index in [2.05, 4.69) is 27.6 Å². The van der Waals surface area contributed by atoms with Gasteiger partial charge in [0.25, 0.3) is 11.8 Å². The van der Waals surface area contributed by atoms with Gasteiger partial charge in [-0.2, -0.15) is 0 Å². The van der Waals surface area contributed by atoms with Crippen molar-refractivity contribution < 1.29 is 18.3 Å². The van der Waals surface area contributed by atoms with Gasteiger partial charge in [-0.05, 0) is 90.9 Å². The molecule has 246 valence electrons. The minimum Gasteiger partial charge on any atom is -0.496 e. The quantitative estimate of drug-likeness (QED) is 0.171. The summed E-state index contributed by atoms with van der Waals surface area (Å²) in [5, 5.41) is 13.0. The molecule has 3 aliphatic rings. The molecule has 0 saturated carbocycles. The van der Waals surface area contributed by atoms with E-state index in [1.54, 1.807) is 30.6 Å². The molecule has 12 heteroatoms. The van der Waals surface area contributed by atoms with Gasteiger partial charge in [0.2, 0.25) is 0 Å². The summed E-state index contributed by atoms with van der Waals surface area (Å²) in [5.74, 6) is 1.58. The number of benzene rings is 2. The number of amides is 1. The van der Waals surface area contributed by atoms with E-state index < -0.39 is 0 Å². The Morgan fingerprint density at radius 3 is 2.78 bits per heavy atom. The van der Waals surface area contributed by atoms with Crippen LogP contribution in [0.25, 0.3) is 32.0 Å². The topological polar surface area (TPSA) is 132 Å². The van der Waals surface area contributed by atoms with Crippen molar-refractivity contribution in [2.45, 2.75) is 50.6 Å². The van der Waals surface area contributed by atoms with Gasteiger partial charge < -0.3 is 25.1 Å². The van der Waals surface area contributed by atoms with Crippen molar-refractivity contribution in [3.63, 3.8) is 0 Å². The third-order valence-corrected chi connectivity index (χ3v) is 11.2. The van der Waals surface area contributed by atoms with Crippen molar-refractivity contribution in [3.05, 3.63) is 100 Å². The van der Waals surface area contributed by atoms with Gasteiger partial charge in [0, 0.05) is 23.2 Å². The van der Waals surface area contributed by atoms with Gasteiger partial charge in [0.15, 0.2) is 0 Å². The Bertz CT molecular complexity index is 2270. The Hall–Kier alpha value is -5.36. The zero-order chi connectivity index (χ0) is 33.2. The third-order valence-electron chi connectivity index (χ3n) is 10.0. The number of thiophene rings is 1. The molecule has 49 heavy (non-hydrogen) atoms. The molecule has 1 fully saturated rings. The summed E-state index contributed by atoms with van der Waals surface area (Å²) in [5.41, 5.74) is 12.8. The molecule has 1 saturated heterocycles. The molecule has 4 aromatic heterocycles. The number of ether oxygens (including phenoxy) is 1. The molecular weight excluding hydrogens is 642 g/mol. The number of aryl methyl sites for hydroxylation is 2. The number of nitrogens with zero attached hydrogens (tertiary/aromatic N) is 5. The average Bonchev–Trinajstić information content (AvgIpc) is 3.95. The van der Waals surface area contributed by atoms with Crippen LogP contribution in [0.3, 0.4) is 0 Å². The SMILES string of the molecule is COc1cccc2c1CC[C@H]2Nc1nccc2cc(-c3c4c(nc(CCc5ccc(F)cc5)c3-c3nnc(N)o3)[C@H]3CCCN3C4=O)sc12. The van der Waals surface area contributed by atoms with E-state index in [4.69, 9.17) is 24.9 Å². The molecule has 6 heterocycles. The zero-order valence-corrected chi connectivity index (χ0v) is 27.5. The highest BCUT2D eigenvalue weighted by atomic mass is 32.1. The highest BCUT2D eigenvalue weighted by molar-refractivity contribution is 7.23. The molecule has 1 amide bonds. The summed E-state index contributed by atoms with van der Waals surface area (Å²) in [6, 6.07) is 16.7. The van der Waals surface area contributed by atoms with Crippen molar-refractivity contribution in [1.29, 1.82) is 0 Å². The average molecular weight is 674 g/mol. The standard InChI is InChI=1S/C37H32FN7O3S/c1-47-27-6-2-4-22-23(27)12-14-24(22)42-34-33-20(15-16-40-34)18-28(49-33)30-29(35-43-44-37(39)48-35)25(13-9-19-7-10-21(38)11-8-19)41-32-26-5-3-17-45(26)36(46)31(30)32/h2,4,6-8,10-11,15-16,18,24,26H,3,5,9,12-14,17H2,1H3,(H2,39,44)(H,40,42)/t24-,26-/m1/s1. The van der Waals surface area contributed by atoms with Crippen LogP contribution in [-0.2, 0) is 19.3 Å². The summed E-state index contributed by atoms with van der Waals surface area (Å²) in [6.45, 7) is 0.686. The molecule has 2 aromatic carbocycles. The first-order chi connectivity index (χ1) is 24.0. The van der Waals surface area contributed by atoms with Crippen LogP contribution in [-0.4, -0.2) is 44.6 Å². The predicted octanol–water partition coefficient (Wildman–Crippen LogP) is 7.31. The summed E-state index contributed by atoms with van der Waals surface area (Å²) in [7, 11) is 1.71. The number of hydrogen-bond donors (Lipinski definition) is 2. The molecule has 0 unspecified atom stereocenters. The van der Waals surface area contributed by atoms with Crippen LogP contribution in [0.2, 0.25) is 0 Å². The fourth-order valence-corrected chi connectivity index (χ4v) is 8.94. The first kappa shape index (κ1) is 29.8. The Morgan fingerprint density at radius 2 is 1.96 bits per heavy atom. The summed E-state index contributed by atoms with van der Waals surface area (Å²) in [4.78, 5) is 27.0. The monoisotopic (exact) mass is 673 g/mol. The molecule has 2 aliphatic heterocycles. The van der Waals surface area contributed by atoms with Crippen LogP contribution in [0.15, 0.2) is 65.2 Å². The maximum atomic E-state index is 14.2. The van der Waals surface area contributed by atoms with Crippen molar-refractivity contribution in [3.8, 4) is 27.6 Å². The lowest BCUT2D eigenvalue weighted by Gasteiger charge is -2.16. The molecule has 9 rings (SSSR count). The van der Waals surface area contributed by atoms with Crippen LogP contribution in [0.1, 0.15) is 69.8 Å². The van der Waals surface area contributed by atoms with Crippen LogP contribution in [0.4, 0.5) is 16.2 Å². The molecule has 3 N–H and O–H groups in total. The molecule has 0 spiro atoms. The van der Waals surface area contributed by atoms with Crippen molar-refractivity contribution >= 4 is 39.2 Å². The number of rotatable bonds is 8.